The molecule has 2 saturated heterocycles. The zero-order valence-electron chi connectivity index (χ0n) is 16.5. The molecule has 144 valence electrons. The molecule has 0 bridgehead atoms. The molecule has 2 heterocycles. The predicted molar refractivity (Wildman–Crippen MR) is 105 cm³/mol. The van der Waals surface area contributed by atoms with Gasteiger partial charge in [0, 0.05) is 26.2 Å². The van der Waals surface area contributed by atoms with Crippen LogP contribution in [0.1, 0.15) is 49.7 Å². The molecule has 1 amide bonds. The molecular formula is C22H34N2O2. The van der Waals surface area contributed by atoms with Crippen LogP contribution in [0.2, 0.25) is 0 Å². The molecule has 26 heavy (non-hydrogen) atoms. The highest BCUT2D eigenvalue weighted by atomic mass is 16.5. The lowest BCUT2D eigenvalue weighted by molar-refractivity contribution is -0.139. The minimum Gasteiger partial charge on any atom is -0.375 e. The Bertz CT molecular complexity index is 581. The summed E-state index contributed by atoms with van der Waals surface area (Å²) in [4.78, 5) is 17.3. The predicted octanol–water partition coefficient (Wildman–Crippen LogP) is 3.62. The summed E-state index contributed by atoms with van der Waals surface area (Å²) in [5.74, 6) is 0.823. The van der Waals surface area contributed by atoms with Crippen molar-refractivity contribution in [3.8, 4) is 0 Å². The van der Waals surface area contributed by atoms with Gasteiger partial charge >= 0.3 is 0 Å². The van der Waals surface area contributed by atoms with Crippen LogP contribution < -0.4 is 0 Å². The Labute approximate surface area is 158 Å². The summed E-state index contributed by atoms with van der Waals surface area (Å²) in [7, 11) is 1.62. The first-order valence-corrected chi connectivity index (χ1v) is 10.2. The number of piperidine rings is 1. The van der Waals surface area contributed by atoms with Crippen LogP contribution in [0.4, 0.5) is 0 Å². The van der Waals surface area contributed by atoms with Crippen molar-refractivity contribution >= 4 is 5.91 Å². The van der Waals surface area contributed by atoms with Crippen LogP contribution in [0, 0.1) is 12.8 Å². The van der Waals surface area contributed by atoms with E-state index in [1.54, 1.807) is 7.11 Å². The van der Waals surface area contributed by atoms with Crippen molar-refractivity contribution in [1.29, 1.82) is 0 Å². The molecule has 2 aliphatic heterocycles. The summed E-state index contributed by atoms with van der Waals surface area (Å²) < 4.78 is 5.13. The molecule has 1 aromatic rings. The fourth-order valence-corrected chi connectivity index (χ4v) is 4.66. The first-order valence-electron chi connectivity index (χ1n) is 10.2. The van der Waals surface area contributed by atoms with Crippen LogP contribution in [0.25, 0.3) is 0 Å². The van der Waals surface area contributed by atoms with Crippen LogP contribution >= 0.6 is 0 Å². The molecular weight excluding hydrogens is 324 g/mol. The maximum Gasteiger partial charge on any atom is 0.248 e. The third kappa shape index (κ3) is 4.86. The summed E-state index contributed by atoms with van der Waals surface area (Å²) in [6, 6.07) is 9.12. The van der Waals surface area contributed by atoms with Gasteiger partial charge in [-0.2, -0.15) is 0 Å². The maximum atomic E-state index is 12.5. The van der Waals surface area contributed by atoms with Gasteiger partial charge in [-0.1, -0.05) is 37.1 Å². The highest BCUT2D eigenvalue weighted by molar-refractivity contribution is 5.77. The Morgan fingerprint density at radius 3 is 2.58 bits per heavy atom. The lowest BCUT2D eigenvalue weighted by Gasteiger charge is -2.40. The topological polar surface area (TPSA) is 32.8 Å². The number of benzene rings is 1. The standard InChI is InChI=1S/C22H34N2O2/c1-18-8-5-6-9-20(18)16-23-14-11-19(12-15-23)21-10-4-3-7-13-24(21)22(25)17-26-2/h5-6,8-9,19,21H,3-4,7,10-17H2,1-2H3. The Kier molecular flexibility index (Phi) is 7.09. The normalized spacial score (nSPS) is 23.0. The van der Waals surface area contributed by atoms with Gasteiger partial charge in [-0.15, -0.1) is 0 Å². The molecule has 2 aliphatic rings. The Hall–Kier alpha value is -1.39. The molecule has 0 aromatic heterocycles. The van der Waals surface area contributed by atoms with E-state index in [2.05, 4.69) is 41.0 Å². The van der Waals surface area contributed by atoms with Crippen molar-refractivity contribution in [1.82, 2.24) is 9.80 Å². The molecule has 1 aromatic carbocycles. The van der Waals surface area contributed by atoms with Crippen LogP contribution in [0.5, 0.6) is 0 Å². The van der Waals surface area contributed by atoms with Crippen LogP contribution in [-0.2, 0) is 16.1 Å². The average molecular weight is 359 g/mol. The van der Waals surface area contributed by atoms with Gasteiger partial charge in [0.1, 0.15) is 6.61 Å². The zero-order chi connectivity index (χ0) is 18.4. The number of carbonyl (C=O) groups excluding carboxylic acids is 1. The second-order valence-corrected chi connectivity index (χ2v) is 7.98. The molecule has 0 saturated carbocycles. The van der Waals surface area contributed by atoms with Gasteiger partial charge in [0.2, 0.25) is 5.91 Å². The molecule has 0 radical (unpaired) electrons. The Morgan fingerprint density at radius 1 is 1.08 bits per heavy atom. The number of nitrogens with zero attached hydrogens (tertiary/aromatic N) is 2. The minimum atomic E-state index is 0.182. The fourth-order valence-electron chi connectivity index (χ4n) is 4.66. The number of amides is 1. The van der Waals surface area contributed by atoms with Crippen molar-refractivity contribution in [3.63, 3.8) is 0 Å². The number of rotatable bonds is 5. The van der Waals surface area contributed by atoms with Gasteiger partial charge < -0.3 is 9.64 Å². The molecule has 0 spiro atoms. The number of hydrogen-bond donors (Lipinski definition) is 0. The van der Waals surface area contributed by atoms with Crippen LogP contribution in [-0.4, -0.2) is 55.1 Å². The van der Waals surface area contributed by atoms with E-state index in [0.29, 0.717) is 12.0 Å². The van der Waals surface area contributed by atoms with E-state index in [9.17, 15) is 4.79 Å². The van der Waals surface area contributed by atoms with E-state index in [1.807, 2.05) is 0 Å². The van der Waals surface area contributed by atoms with Gasteiger partial charge in [-0.05, 0) is 62.7 Å². The molecule has 0 aliphatic carbocycles. The second-order valence-electron chi connectivity index (χ2n) is 7.98. The van der Waals surface area contributed by atoms with Crippen molar-refractivity contribution in [3.05, 3.63) is 35.4 Å². The molecule has 1 unspecified atom stereocenters. The molecule has 2 fully saturated rings. The van der Waals surface area contributed by atoms with Crippen molar-refractivity contribution in [2.24, 2.45) is 5.92 Å². The lowest BCUT2D eigenvalue weighted by atomic mass is 9.86. The first-order chi connectivity index (χ1) is 12.7. The van der Waals surface area contributed by atoms with Gasteiger partial charge in [-0.3, -0.25) is 9.69 Å². The SMILES string of the molecule is COCC(=O)N1CCCCCC1C1CCN(Cc2ccccc2C)CC1. The minimum absolute atomic E-state index is 0.182. The lowest BCUT2D eigenvalue weighted by Crippen LogP contribution is -2.48. The highest BCUT2D eigenvalue weighted by Gasteiger charge is 2.33. The number of ether oxygens (including phenoxy) is 1. The second kappa shape index (κ2) is 9.52. The molecule has 3 rings (SSSR count). The zero-order valence-corrected chi connectivity index (χ0v) is 16.5. The number of likely N-dealkylation sites (tertiary alicyclic amines) is 2. The van der Waals surface area contributed by atoms with Gasteiger partial charge in [0.05, 0.1) is 0 Å². The molecule has 1 atom stereocenters. The third-order valence-electron chi connectivity index (χ3n) is 6.22. The summed E-state index contributed by atoms with van der Waals surface area (Å²) in [6.45, 7) is 6.67. The smallest absolute Gasteiger partial charge is 0.248 e. The quantitative estimate of drug-likeness (QED) is 0.806. The highest BCUT2D eigenvalue weighted by Crippen LogP contribution is 2.30. The van der Waals surface area contributed by atoms with E-state index in [1.165, 1.54) is 36.8 Å². The number of aryl methyl sites for hydroxylation is 1. The fraction of sp³-hybridized carbons (Fsp3) is 0.682. The van der Waals surface area contributed by atoms with Crippen molar-refractivity contribution < 1.29 is 9.53 Å². The van der Waals surface area contributed by atoms with E-state index in [-0.39, 0.29) is 12.5 Å². The largest absolute Gasteiger partial charge is 0.375 e. The molecule has 4 heteroatoms. The summed E-state index contributed by atoms with van der Waals surface area (Å²) >= 11 is 0. The molecule has 4 nitrogen and oxygen atoms in total. The van der Waals surface area contributed by atoms with E-state index in [0.717, 1.165) is 39.0 Å². The number of carbonyl (C=O) groups is 1. The van der Waals surface area contributed by atoms with E-state index in [4.69, 9.17) is 4.74 Å². The number of methoxy groups -OCH3 is 1. The Balaban J connectivity index is 1.58. The molecule has 0 N–H and O–H groups in total. The maximum absolute atomic E-state index is 12.5. The van der Waals surface area contributed by atoms with E-state index >= 15 is 0 Å². The van der Waals surface area contributed by atoms with Crippen molar-refractivity contribution in [2.75, 3.05) is 33.4 Å². The third-order valence-corrected chi connectivity index (χ3v) is 6.22. The van der Waals surface area contributed by atoms with Gasteiger partial charge in [0.25, 0.3) is 0 Å². The Morgan fingerprint density at radius 2 is 1.85 bits per heavy atom. The van der Waals surface area contributed by atoms with Gasteiger partial charge in [-0.25, -0.2) is 0 Å². The van der Waals surface area contributed by atoms with Crippen molar-refractivity contribution in [2.45, 2.75) is 58.0 Å². The summed E-state index contributed by atoms with van der Waals surface area (Å²) in [6.07, 6.45) is 7.21. The van der Waals surface area contributed by atoms with Crippen LogP contribution in [0.3, 0.4) is 0 Å². The summed E-state index contributed by atoms with van der Waals surface area (Å²) in [5.41, 5.74) is 2.83. The monoisotopic (exact) mass is 358 g/mol. The van der Waals surface area contributed by atoms with E-state index < -0.39 is 0 Å². The average Bonchev–Trinajstić information content (AvgIpc) is 2.91. The first kappa shape index (κ1) is 19.4. The van der Waals surface area contributed by atoms with Crippen LogP contribution in [0.15, 0.2) is 24.3 Å². The number of hydrogen-bond acceptors (Lipinski definition) is 3. The summed E-state index contributed by atoms with van der Waals surface area (Å²) in [5, 5.41) is 0. The van der Waals surface area contributed by atoms with Gasteiger partial charge in [0.15, 0.2) is 0 Å².